The number of nitrogens with one attached hydrogen (secondary N) is 4. The second-order valence-corrected chi connectivity index (χ2v) is 30.1. The molecule has 0 saturated heterocycles. The number of H-pyrrole nitrogens is 4. The number of aryl methyl sites for hydroxylation is 4. The minimum Gasteiger partial charge on any atom is -0.481 e. The summed E-state index contributed by atoms with van der Waals surface area (Å²) in [5.74, 6) is 10.7. The highest BCUT2D eigenvalue weighted by molar-refractivity contribution is 7.10. The Balaban J connectivity index is 0.000000395. The molecule has 0 radical (unpaired) electrons. The Bertz CT molecular complexity index is 3720. The van der Waals surface area contributed by atoms with Crippen molar-refractivity contribution in [2.45, 2.75) is 246 Å². The van der Waals surface area contributed by atoms with Gasteiger partial charge in [0.2, 0.25) is 5.88 Å². The molecule has 0 spiro atoms. The molecule has 0 fully saturated rings. The van der Waals surface area contributed by atoms with Crippen molar-refractivity contribution < 1.29 is 13.9 Å². The number of aromatic nitrogens is 15. The minimum absolute atomic E-state index is 0.334. The van der Waals surface area contributed by atoms with Crippen LogP contribution < -0.4 is 9.47 Å². The van der Waals surface area contributed by atoms with E-state index in [2.05, 4.69) is 317 Å². The fourth-order valence-corrected chi connectivity index (χ4v) is 11.2. The summed E-state index contributed by atoms with van der Waals surface area (Å²) < 4.78 is 19.2. The second kappa shape index (κ2) is 48.9. The number of aliphatic imine (C=N–C) groups is 1. The first-order chi connectivity index (χ1) is 49.6. The maximum Gasteiger partial charge on any atom is 0.319 e. The lowest BCUT2D eigenvalue weighted by Crippen LogP contribution is -2.02. The first-order valence-electron chi connectivity index (χ1n) is 37.1. The largest absolute Gasteiger partial charge is 0.481 e. The summed E-state index contributed by atoms with van der Waals surface area (Å²) in [6.45, 7) is 58.8. The molecule has 576 valence electrons. The Hall–Kier alpha value is -9.04. The number of methoxy groups -OCH3 is 2. The number of hydrogen-bond donors (Lipinski definition) is 4. The van der Waals surface area contributed by atoms with Crippen LogP contribution in [0.25, 0.3) is 10.9 Å². The summed E-state index contributed by atoms with van der Waals surface area (Å²) in [4.78, 5) is 43.2. The molecule has 0 bridgehead atoms. The van der Waals surface area contributed by atoms with Crippen LogP contribution in [0, 0.1) is 26.7 Å². The van der Waals surface area contributed by atoms with Gasteiger partial charge in [0.05, 0.1) is 38.4 Å². The van der Waals surface area contributed by atoms with E-state index in [4.69, 9.17) is 13.9 Å². The highest BCUT2D eigenvalue weighted by Crippen LogP contribution is 2.28. The standard InChI is InChI=1S/C13H17N.C9H14N2O2.C9H16N2.C9H15N.C7H10N2.C7H11N.C7H10O.C7H10S.2C6H10N2.C5H9N3/c1-9(2)11-5-6-13-12(7-11)10(3)8-14(13)4;1-6(2)7-5-10-9(13-4)11-8(7)12-3;1-6(2)9-7(3)10-11(5)8(9)4;1-6(2)9-7(3)5-10-8(9)4;1-6(2)7-5-8-3-4-9-7;3*1-6(2)7-4-3-5-8-7;2*1-5(2)6-7-3-4-8-6;1-4(2)5-6-3-7-8-5/h5-9H,1-4H3;5-6H,1-4H3;6H,1-5H3;6H,5H2,1-4H3;3-6H,1-2H3;3-6,8H,1-2H3;2*3-6H,1-2H3;2*3-5H,1-2H3,(H,7,8);3-4H,1-2H3,(H,6,7,8). The quantitative estimate of drug-likeness (QED) is 0.0844. The van der Waals surface area contributed by atoms with Gasteiger partial charge >= 0.3 is 6.01 Å². The van der Waals surface area contributed by atoms with Crippen LogP contribution in [-0.2, 0) is 14.1 Å². The number of thiophene rings is 1. The van der Waals surface area contributed by atoms with Crippen molar-refractivity contribution in [3.05, 3.63) is 219 Å². The number of rotatable bonds is 13. The molecule has 1 aliphatic rings. The molecule has 10 aromatic heterocycles. The Morgan fingerprint density at radius 2 is 1.19 bits per heavy atom. The maximum absolute atomic E-state index is 5.12. The third-order valence-corrected chi connectivity index (χ3v) is 17.7. The van der Waals surface area contributed by atoms with Crippen molar-refractivity contribution in [3.8, 4) is 11.9 Å². The third-order valence-electron chi connectivity index (χ3n) is 16.5. The average Bonchev–Trinajstić information content (AvgIpc) is 1.66. The van der Waals surface area contributed by atoms with Crippen molar-refractivity contribution in [1.82, 2.24) is 74.4 Å². The molecule has 0 unspecified atom stereocenters. The van der Waals surface area contributed by atoms with Gasteiger partial charge in [0.1, 0.15) is 29.6 Å². The van der Waals surface area contributed by atoms with Crippen LogP contribution in [0.5, 0.6) is 11.9 Å². The van der Waals surface area contributed by atoms with Gasteiger partial charge in [0, 0.05) is 138 Å². The summed E-state index contributed by atoms with van der Waals surface area (Å²) in [6, 6.07) is 19.4. The molecule has 20 heteroatoms. The maximum atomic E-state index is 5.12. The average molecular weight is 1460 g/mol. The van der Waals surface area contributed by atoms with Crippen molar-refractivity contribution in [2.24, 2.45) is 25.0 Å². The van der Waals surface area contributed by atoms with E-state index in [-0.39, 0.29) is 0 Å². The summed E-state index contributed by atoms with van der Waals surface area (Å²) >= 11 is 1.83. The van der Waals surface area contributed by atoms with Gasteiger partial charge in [-0.2, -0.15) is 15.2 Å². The smallest absolute Gasteiger partial charge is 0.319 e. The van der Waals surface area contributed by atoms with Gasteiger partial charge in [-0.15, -0.1) is 11.3 Å². The monoisotopic (exact) mass is 1460 g/mol. The summed E-state index contributed by atoms with van der Waals surface area (Å²) in [6.07, 6.45) is 21.5. The first-order valence-corrected chi connectivity index (χ1v) is 38.0. The van der Waals surface area contributed by atoms with E-state index in [1.807, 2.05) is 59.9 Å². The molecule has 105 heavy (non-hydrogen) atoms. The summed E-state index contributed by atoms with van der Waals surface area (Å²) in [5.41, 5.74) is 15.5. The Kier molecular flexibility index (Phi) is 42.8. The first kappa shape index (κ1) is 92.0. The number of aromatic amines is 4. The normalized spacial score (nSPS) is 11.4. The molecule has 11 heterocycles. The number of allylic oxidation sites excluding steroid dienone is 1. The van der Waals surface area contributed by atoms with E-state index < -0.39 is 0 Å². The number of furan rings is 1. The van der Waals surface area contributed by atoms with Gasteiger partial charge in [0.25, 0.3) is 0 Å². The Morgan fingerprint density at radius 3 is 1.50 bits per heavy atom. The summed E-state index contributed by atoms with van der Waals surface area (Å²) in [5, 5.41) is 14.3. The molecule has 0 aliphatic carbocycles. The van der Waals surface area contributed by atoms with Crippen LogP contribution in [0.15, 0.2) is 155 Å². The fourth-order valence-electron chi connectivity index (χ4n) is 10.5. The molecule has 1 aromatic carbocycles. The lowest BCUT2D eigenvalue weighted by molar-refractivity contribution is 0.347. The van der Waals surface area contributed by atoms with E-state index in [0.717, 1.165) is 41.0 Å². The van der Waals surface area contributed by atoms with Crippen LogP contribution in [0.4, 0.5) is 0 Å². The third kappa shape index (κ3) is 33.7. The van der Waals surface area contributed by atoms with E-state index in [1.54, 1.807) is 50.6 Å². The number of benzene rings is 1. The lowest BCUT2D eigenvalue weighted by atomic mass is 9.96. The van der Waals surface area contributed by atoms with E-state index in [1.165, 1.54) is 79.8 Å². The zero-order valence-electron chi connectivity index (χ0n) is 69.8. The highest BCUT2D eigenvalue weighted by Gasteiger charge is 2.16. The van der Waals surface area contributed by atoms with Crippen LogP contribution in [0.3, 0.4) is 0 Å². The zero-order valence-corrected chi connectivity index (χ0v) is 70.6. The van der Waals surface area contributed by atoms with Crippen LogP contribution in [0.2, 0.25) is 0 Å². The molecular weight excluding hydrogens is 1330 g/mol. The van der Waals surface area contributed by atoms with E-state index in [9.17, 15) is 0 Å². The van der Waals surface area contributed by atoms with E-state index >= 15 is 0 Å². The predicted octanol–water partition coefficient (Wildman–Crippen LogP) is 22.8. The number of nitrogens with zero attached hydrogens (tertiary/aromatic N) is 12. The van der Waals surface area contributed by atoms with Crippen LogP contribution in [-0.4, -0.2) is 101 Å². The van der Waals surface area contributed by atoms with Crippen molar-refractivity contribution in [3.63, 3.8) is 0 Å². The Labute approximate surface area is 635 Å². The molecule has 11 aromatic rings. The van der Waals surface area contributed by atoms with Gasteiger partial charge in [-0.25, -0.2) is 19.9 Å². The SMILES string of the molecule is CC(C)c1ccc[nH]1.CC(C)c1ccco1.CC(C)c1cccs1.CC(C)c1cnccn1.CC(C)c1ncc[nH]1.CC(C)c1ncc[nH]1.CC(C)c1ncn[nH]1.CC1=NCC(C)=C1C(C)C.COc1ncc(C(C)C)c(OC)n1.Cc1cn(C)c2ccc(C(C)C)cc12.Cc1nn(C)c(C)c1C(C)C. The molecule has 19 nitrogen and oxygen atoms in total. The molecule has 12 rings (SSSR count). The topological polar surface area (TPSA) is 233 Å². The predicted molar refractivity (Wildman–Crippen MR) is 441 cm³/mol. The number of fused-ring (bicyclic) bond motifs is 1. The van der Waals surface area contributed by atoms with E-state index in [0.29, 0.717) is 77.0 Å². The molecule has 1 aliphatic heterocycles. The zero-order chi connectivity index (χ0) is 79.0. The van der Waals surface area contributed by atoms with Gasteiger partial charge in [-0.1, -0.05) is 164 Å². The van der Waals surface area contributed by atoms with Crippen molar-refractivity contribution in [1.29, 1.82) is 0 Å². The van der Waals surface area contributed by atoms with Gasteiger partial charge in [0.15, 0.2) is 0 Å². The van der Waals surface area contributed by atoms with Gasteiger partial charge in [-0.3, -0.25) is 24.7 Å². The second-order valence-electron chi connectivity index (χ2n) is 29.1. The van der Waals surface area contributed by atoms with Gasteiger partial charge in [-0.05, 0) is 152 Å². The minimum atomic E-state index is 0.334. The number of hydrogen-bond acceptors (Lipinski definition) is 14. The van der Waals surface area contributed by atoms with Gasteiger partial charge < -0.3 is 33.4 Å². The highest BCUT2D eigenvalue weighted by atomic mass is 32.1. The Morgan fingerprint density at radius 1 is 0.552 bits per heavy atom. The molecular formula is C85H132N16O3S. The molecule has 0 saturated carbocycles. The lowest BCUT2D eigenvalue weighted by Gasteiger charge is -2.10. The van der Waals surface area contributed by atoms with Crippen LogP contribution >= 0.6 is 11.3 Å². The fraction of sp³-hybridized carbons (Fsp3) is 0.506. The summed E-state index contributed by atoms with van der Waals surface area (Å²) in [7, 11) is 7.22. The molecule has 4 N–H and O–H groups in total. The molecule has 0 atom stereocenters. The van der Waals surface area contributed by atoms with Crippen molar-refractivity contribution >= 4 is 28.0 Å². The number of ether oxygens (including phenoxy) is 2. The number of imidazole rings is 2. The van der Waals surface area contributed by atoms with Crippen molar-refractivity contribution in [2.75, 3.05) is 20.8 Å². The van der Waals surface area contributed by atoms with Crippen LogP contribution in [0.1, 0.15) is 298 Å². The molecule has 0 amide bonds.